The van der Waals surface area contributed by atoms with E-state index in [0.717, 1.165) is 37.7 Å². The number of nitrogens with zero attached hydrogens (tertiary/aromatic N) is 5. The lowest BCUT2D eigenvalue weighted by atomic mass is 9.89. The van der Waals surface area contributed by atoms with Crippen LogP contribution in [0.3, 0.4) is 0 Å². The number of benzene rings is 2. The van der Waals surface area contributed by atoms with Crippen molar-refractivity contribution in [3.05, 3.63) is 77.6 Å². The highest BCUT2D eigenvalue weighted by Crippen LogP contribution is 2.51. The summed E-state index contributed by atoms with van der Waals surface area (Å²) >= 11 is 0. The number of hydrogen-bond donors (Lipinski definition) is 1. The molecule has 0 unspecified atom stereocenters. The second-order valence-corrected chi connectivity index (χ2v) is 12.4. The molecule has 3 heterocycles. The van der Waals surface area contributed by atoms with E-state index in [1.54, 1.807) is 18.2 Å². The molecule has 1 aliphatic heterocycles. The highest BCUT2D eigenvalue weighted by Gasteiger charge is 2.62. The van der Waals surface area contributed by atoms with Gasteiger partial charge in [-0.1, -0.05) is 36.4 Å². The second-order valence-electron chi connectivity index (χ2n) is 10.7. The van der Waals surface area contributed by atoms with E-state index in [-0.39, 0.29) is 22.1 Å². The second kappa shape index (κ2) is 11.8. The summed E-state index contributed by atoms with van der Waals surface area (Å²) in [5, 5.41) is 3.80. The third-order valence-corrected chi connectivity index (χ3v) is 8.71. The fourth-order valence-corrected chi connectivity index (χ4v) is 5.95. The van der Waals surface area contributed by atoms with Gasteiger partial charge in [0.2, 0.25) is 11.8 Å². The van der Waals surface area contributed by atoms with E-state index in [0.29, 0.717) is 5.56 Å². The summed E-state index contributed by atoms with van der Waals surface area (Å²) in [6, 6.07) is 12.2. The molecule has 1 fully saturated rings. The molecule has 9 nitrogen and oxygen atoms in total. The predicted molar refractivity (Wildman–Crippen MR) is 152 cm³/mol. The lowest BCUT2D eigenvalue weighted by Gasteiger charge is -2.29. The van der Waals surface area contributed by atoms with Crippen LogP contribution in [0.15, 0.2) is 65.8 Å². The molecule has 0 spiro atoms. The molecule has 1 aliphatic rings. The van der Waals surface area contributed by atoms with Gasteiger partial charge in [0.1, 0.15) is 16.2 Å². The van der Waals surface area contributed by atoms with E-state index in [4.69, 9.17) is 4.74 Å². The van der Waals surface area contributed by atoms with Crippen molar-refractivity contribution in [3.8, 4) is 22.9 Å². The van der Waals surface area contributed by atoms with Crippen molar-refractivity contribution in [2.45, 2.75) is 42.7 Å². The van der Waals surface area contributed by atoms with Crippen molar-refractivity contribution in [1.29, 1.82) is 0 Å². The third kappa shape index (κ3) is 6.38. The Hall–Kier alpha value is -4.11. The maximum absolute atomic E-state index is 15.4. The van der Waals surface area contributed by atoms with Gasteiger partial charge in [-0.2, -0.15) is 32.0 Å². The van der Waals surface area contributed by atoms with Crippen LogP contribution in [-0.2, 0) is 23.0 Å². The molecule has 0 saturated carbocycles. The van der Waals surface area contributed by atoms with Gasteiger partial charge in [-0.15, -0.1) is 0 Å². The Morgan fingerprint density at radius 3 is 2.32 bits per heavy atom. The van der Waals surface area contributed by atoms with Gasteiger partial charge in [-0.3, -0.25) is 4.68 Å². The summed E-state index contributed by atoms with van der Waals surface area (Å²) in [4.78, 5) is 9.57. The van der Waals surface area contributed by atoms with Gasteiger partial charge in [0, 0.05) is 18.8 Å². The van der Waals surface area contributed by atoms with Gasteiger partial charge >= 0.3 is 12.1 Å². The minimum absolute atomic E-state index is 0.0452. The molecule has 15 heteroatoms. The number of nitrogens with one attached hydrogen (secondary N) is 1. The summed E-state index contributed by atoms with van der Waals surface area (Å²) in [7, 11) is -0.944. The lowest BCUT2D eigenvalue weighted by molar-refractivity contribution is -0.289. The van der Waals surface area contributed by atoms with Gasteiger partial charge in [0.15, 0.2) is 0 Å². The Balaban J connectivity index is 1.69. The molecule has 1 saturated heterocycles. The van der Waals surface area contributed by atoms with E-state index in [9.17, 15) is 21.6 Å². The van der Waals surface area contributed by atoms with Crippen molar-refractivity contribution in [3.63, 3.8) is 0 Å². The fourth-order valence-electron chi connectivity index (χ4n) is 5.02. The molecule has 0 amide bonds. The first-order chi connectivity index (χ1) is 20.7. The number of aryl methyl sites for hydroxylation is 2. The molecular formula is C29H29F5N6O3S. The van der Waals surface area contributed by atoms with Crippen molar-refractivity contribution in [1.82, 2.24) is 24.6 Å². The molecule has 44 heavy (non-hydrogen) atoms. The number of sulfonamides is 1. The van der Waals surface area contributed by atoms with E-state index >= 15 is 8.78 Å². The maximum atomic E-state index is 15.4. The molecule has 0 aliphatic carbocycles. The first-order valence-corrected chi connectivity index (χ1v) is 15.0. The number of likely N-dealkylation sites (tertiary alicyclic amines) is 1. The monoisotopic (exact) mass is 636 g/mol. The number of hydrogen-bond acceptors (Lipinski definition) is 7. The van der Waals surface area contributed by atoms with Gasteiger partial charge in [0.05, 0.1) is 11.9 Å². The molecule has 0 radical (unpaired) electrons. The van der Waals surface area contributed by atoms with E-state index in [1.165, 1.54) is 49.1 Å². The smallest absolute Gasteiger partial charge is 0.438 e. The number of ether oxygens (including phenoxy) is 1. The number of halogens is 5. The Morgan fingerprint density at radius 2 is 1.68 bits per heavy atom. The first kappa shape index (κ1) is 31.3. The molecule has 0 atom stereocenters. The molecule has 1 N–H and O–H groups in total. The molecule has 5 rings (SSSR count). The van der Waals surface area contributed by atoms with E-state index in [2.05, 4.69) is 24.7 Å². The number of anilines is 1. The fraction of sp³-hybridized carbons (Fsp3) is 0.345. The summed E-state index contributed by atoms with van der Waals surface area (Å²) in [6.45, 7) is 3.17. The minimum atomic E-state index is -6.06. The van der Waals surface area contributed by atoms with Crippen LogP contribution < -0.4 is 9.46 Å². The highest BCUT2D eigenvalue weighted by molar-refractivity contribution is 7.92. The molecule has 4 aromatic rings. The van der Waals surface area contributed by atoms with Crippen LogP contribution in [0, 0.1) is 6.92 Å². The standard InChI is InChI=1S/C29H29F5N6O3S/c1-18-7-4-5-10-23(18)25-24(28(30,31)29(32,33)34)26(37-27(36-25)38-44(41,42)22-16-35-40(3)17-22)43-21-9-6-8-20(15-21)19-11-13-39(2)14-12-19/h4-10,15-17,19H,11-14H2,1-3H3,(H,36,37,38). The topological polar surface area (TPSA) is 102 Å². The Kier molecular flexibility index (Phi) is 8.37. The summed E-state index contributed by atoms with van der Waals surface area (Å²) < 4.78 is 108. The quantitative estimate of drug-likeness (QED) is 0.229. The summed E-state index contributed by atoms with van der Waals surface area (Å²) in [5.41, 5.74) is -1.45. The molecule has 234 valence electrons. The third-order valence-electron chi connectivity index (χ3n) is 7.43. The Labute approximate surface area is 250 Å². The summed E-state index contributed by atoms with van der Waals surface area (Å²) in [6.07, 6.45) is -2.21. The van der Waals surface area contributed by atoms with Crippen molar-refractivity contribution < 1.29 is 35.1 Å². The van der Waals surface area contributed by atoms with Crippen LogP contribution in [-0.4, -0.2) is 59.4 Å². The zero-order valence-corrected chi connectivity index (χ0v) is 24.8. The number of rotatable bonds is 8. The average Bonchev–Trinajstić information content (AvgIpc) is 3.40. The number of alkyl halides is 5. The van der Waals surface area contributed by atoms with Gasteiger partial charge in [-0.05, 0) is 69.1 Å². The highest BCUT2D eigenvalue weighted by atomic mass is 32.2. The van der Waals surface area contributed by atoms with Gasteiger partial charge < -0.3 is 9.64 Å². The number of piperidine rings is 1. The number of aromatic nitrogens is 4. The maximum Gasteiger partial charge on any atom is 0.458 e. The first-order valence-electron chi connectivity index (χ1n) is 13.6. The van der Waals surface area contributed by atoms with Crippen LogP contribution in [0.4, 0.5) is 27.9 Å². The predicted octanol–water partition coefficient (Wildman–Crippen LogP) is 6.24. The normalized spacial score (nSPS) is 15.4. The van der Waals surface area contributed by atoms with Crippen LogP contribution >= 0.6 is 0 Å². The molecule has 2 aromatic heterocycles. The SMILES string of the molecule is Cc1ccccc1-c1nc(NS(=O)(=O)c2cnn(C)c2)nc(Oc2cccc(C3CCN(C)CC3)c2)c1C(F)(F)C(F)(F)F. The van der Waals surface area contributed by atoms with E-state index < -0.39 is 45.2 Å². The Morgan fingerprint density at radius 1 is 0.977 bits per heavy atom. The molecule has 2 aromatic carbocycles. The van der Waals surface area contributed by atoms with Crippen LogP contribution in [0.25, 0.3) is 11.3 Å². The van der Waals surface area contributed by atoms with Crippen molar-refractivity contribution in [2.75, 3.05) is 24.9 Å². The zero-order valence-electron chi connectivity index (χ0n) is 23.9. The van der Waals surface area contributed by atoms with Gasteiger partial charge in [-0.25, -0.2) is 18.1 Å². The van der Waals surface area contributed by atoms with Crippen molar-refractivity contribution >= 4 is 16.0 Å². The van der Waals surface area contributed by atoms with Crippen molar-refractivity contribution in [2.24, 2.45) is 7.05 Å². The largest absolute Gasteiger partial charge is 0.458 e. The average molecular weight is 637 g/mol. The van der Waals surface area contributed by atoms with Crippen LogP contribution in [0.2, 0.25) is 0 Å². The Bertz CT molecular complexity index is 1770. The summed E-state index contributed by atoms with van der Waals surface area (Å²) in [5.74, 6) is -7.32. The van der Waals surface area contributed by atoms with Crippen LogP contribution in [0.1, 0.15) is 35.4 Å². The lowest BCUT2D eigenvalue weighted by Crippen LogP contribution is -2.35. The van der Waals surface area contributed by atoms with Crippen LogP contribution in [0.5, 0.6) is 11.6 Å². The van der Waals surface area contributed by atoms with E-state index in [1.807, 2.05) is 13.1 Å². The van der Waals surface area contributed by atoms with Gasteiger partial charge in [0.25, 0.3) is 10.0 Å². The zero-order chi connectivity index (χ0) is 31.9. The minimum Gasteiger partial charge on any atom is -0.438 e. The molecular weight excluding hydrogens is 607 g/mol. The molecule has 0 bridgehead atoms.